The fourth-order valence-electron chi connectivity index (χ4n) is 1.13. The Balaban J connectivity index is 3.10. The molecule has 0 spiro atoms. The largest absolute Gasteiger partial charge is 0.393 e. The van der Waals surface area contributed by atoms with E-state index in [1.807, 2.05) is 0 Å². The molecule has 0 bridgehead atoms. The lowest BCUT2D eigenvalue weighted by molar-refractivity contribution is 0.135. The summed E-state index contributed by atoms with van der Waals surface area (Å²) in [6.07, 6.45) is 4.12. The second-order valence-electron chi connectivity index (χ2n) is 3.22. The van der Waals surface area contributed by atoms with Gasteiger partial charge in [0.1, 0.15) is 0 Å². The Bertz CT molecular complexity index is 81.6. The minimum atomic E-state index is -0.219. The molecule has 0 aromatic carbocycles. The summed E-state index contributed by atoms with van der Waals surface area (Å²) in [6, 6.07) is 0. The number of rotatable bonds is 6. The van der Waals surface area contributed by atoms with Gasteiger partial charge in [-0.25, -0.2) is 0 Å². The Morgan fingerprint density at radius 2 is 1.73 bits per heavy atom. The molecule has 2 heteroatoms. The van der Waals surface area contributed by atoms with Gasteiger partial charge >= 0.3 is 0 Å². The van der Waals surface area contributed by atoms with Crippen molar-refractivity contribution in [3.63, 3.8) is 0 Å². The molecule has 0 aliphatic heterocycles. The van der Waals surface area contributed by atoms with E-state index in [9.17, 15) is 5.11 Å². The van der Waals surface area contributed by atoms with Crippen LogP contribution in [0.5, 0.6) is 0 Å². The van der Waals surface area contributed by atoms with E-state index in [2.05, 4.69) is 6.92 Å². The maximum absolute atomic E-state index is 9.28. The van der Waals surface area contributed by atoms with Gasteiger partial charge < -0.3 is 10.2 Å². The SMILES string of the molecule is CCCC(O)CCCC(C)O. The molecule has 11 heavy (non-hydrogen) atoms. The molecule has 2 nitrogen and oxygen atoms in total. The van der Waals surface area contributed by atoms with Crippen LogP contribution >= 0.6 is 0 Å². The van der Waals surface area contributed by atoms with Crippen LogP contribution in [0.1, 0.15) is 46.0 Å². The first-order valence-electron chi connectivity index (χ1n) is 4.53. The summed E-state index contributed by atoms with van der Waals surface area (Å²) in [5.41, 5.74) is 0. The van der Waals surface area contributed by atoms with Crippen molar-refractivity contribution in [3.05, 3.63) is 0 Å². The quantitative estimate of drug-likeness (QED) is 0.621. The third-order valence-corrected chi connectivity index (χ3v) is 1.78. The molecular formula is C9H20O2. The lowest BCUT2D eigenvalue weighted by Gasteiger charge is -2.09. The van der Waals surface area contributed by atoms with Crippen LogP contribution in [0.15, 0.2) is 0 Å². The molecule has 0 heterocycles. The number of aliphatic hydroxyl groups excluding tert-OH is 2. The Morgan fingerprint density at radius 3 is 2.18 bits per heavy atom. The van der Waals surface area contributed by atoms with Crippen LogP contribution < -0.4 is 0 Å². The normalized spacial score (nSPS) is 16.4. The van der Waals surface area contributed by atoms with E-state index in [0.29, 0.717) is 0 Å². The number of aliphatic hydroxyl groups is 2. The van der Waals surface area contributed by atoms with Gasteiger partial charge in [-0.2, -0.15) is 0 Å². The van der Waals surface area contributed by atoms with Gasteiger partial charge in [0, 0.05) is 0 Å². The second kappa shape index (κ2) is 6.62. The average molecular weight is 160 g/mol. The highest BCUT2D eigenvalue weighted by molar-refractivity contribution is 4.56. The molecule has 0 saturated heterocycles. The van der Waals surface area contributed by atoms with Crippen molar-refractivity contribution in [1.82, 2.24) is 0 Å². The molecule has 0 aromatic heterocycles. The van der Waals surface area contributed by atoms with E-state index in [0.717, 1.165) is 32.1 Å². The molecule has 2 N–H and O–H groups in total. The maximum Gasteiger partial charge on any atom is 0.0540 e. The predicted molar refractivity (Wildman–Crippen MR) is 46.4 cm³/mol. The highest BCUT2D eigenvalue weighted by atomic mass is 16.3. The van der Waals surface area contributed by atoms with Gasteiger partial charge in [-0.1, -0.05) is 13.3 Å². The van der Waals surface area contributed by atoms with E-state index in [4.69, 9.17) is 5.11 Å². The summed E-state index contributed by atoms with van der Waals surface area (Å²) >= 11 is 0. The zero-order valence-electron chi connectivity index (χ0n) is 7.58. The van der Waals surface area contributed by atoms with Gasteiger partial charge in [0.05, 0.1) is 12.2 Å². The number of hydrogen-bond acceptors (Lipinski definition) is 2. The van der Waals surface area contributed by atoms with Gasteiger partial charge in [0.2, 0.25) is 0 Å². The van der Waals surface area contributed by atoms with Crippen LogP contribution in [-0.2, 0) is 0 Å². The highest BCUT2D eigenvalue weighted by Crippen LogP contribution is 2.07. The number of hydrogen-bond donors (Lipinski definition) is 2. The molecule has 2 atom stereocenters. The predicted octanol–water partition coefficient (Wildman–Crippen LogP) is 1.70. The highest BCUT2D eigenvalue weighted by Gasteiger charge is 2.02. The molecule has 0 aromatic rings. The zero-order chi connectivity index (χ0) is 8.69. The molecule has 0 aliphatic rings. The fraction of sp³-hybridized carbons (Fsp3) is 1.00. The van der Waals surface area contributed by atoms with E-state index in [1.165, 1.54) is 0 Å². The third-order valence-electron chi connectivity index (χ3n) is 1.78. The van der Waals surface area contributed by atoms with Gasteiger partial charge in [-0.15, -0.1) is 0 Å². The van der Waals surface area contributed by atoms with Crippen LogP contribution in [0.3, 0.4) is 0 Å². The first kappa shape index (κ1) is 10.9. The molecule has 0 amide bonds. The molecule has 0 fully saturated rings. The molecule has 0 radical (unpaired) electrons. The average Bonchev–Trinajstić information content (AvgIpc) is 1.87. The minimum Gasteiger partial charge on any atom is -0.393 e. The lowest BCUT2D eigenvalue weighted by atomic mass is 10.1. The van der Waals surface area contributed by atoms with E-state index in [1.54, 1.807) is 6.92 Å². The standard InChI is InChI=1S/C9H20O2/c1-3-5-9(11)7-4-6-8(2)10/h8-11H,3-7H2,1-2H3. The van der Waals surface area contributed by atoms with Crippen LogP contribution in [-0.4, -0.2) is 22.4 Å². The summed E-state index contributed by atoms with van der Waals surface area (Å²) in [4.78, 5) is 0. The topological polar surface area (TPSA) is 40.5 Å². The molecule has 0 aliphatic carbocycles. The van der Waals surface area contributed by atoms with E-state index >= 15 is 0 Å². The van der Waals surface area contributed by atoms with E-state index in [-0.39, 0.29) is 12.2 Å². The molecule has 0 saturated carbocycles. The van der Waals surface area contributed by atoms with Crippen LogP contribution in [0.25, 0.3) is 0 Å². The Morgan fingerprint density at radius 1 is 1.09 bits per heavy atom. The van der Waals surface area contributed by atoms with Crippen LogP contribution in [0.2, 0.25) is 0 Å². The zero-order valence-corrected chi connectivity index (χ0v) is 7.58. The van der Waals surface area contributed by atoms with Crippen molar-refractivity contribution in [2.24, 2.45) is 0 Å². The van der Waals surface area contributed by atoms with Crippen molar-refractivity contribution < 1.29 is 10.2 Å². The van der Waals surface area contributed by atoms with Crippen molar-refractivity contribution in [2.45, 2.75) is 58.2 Å². The maximum atomic E-state index is 9.28. The molecule has 0 rings (SSSR count). The van der Waals surface area contributed by atoms with Gasteiger partial charge in [-0.05, 0) is 32.6 Å². The smallest absolute Gasteiger partial charge is 0.0540 e. The van der Waals surface area contributed by atoms with Crippen molar-refractivity contribution >= 4 is 0 Å². The summed E-state index contributed by atoms with van der Waals surface area (Å²) < 4.78 is 0. The monoisotopic (exact) mass is 160 g/mol. The van der Waals surface area contributed by atoms with E-state index < -0.39 is 0 Å². The third kappa shape index (κ3) is 7.82. The van der Waals surface area contributed by atoms with Gasteiger partial charge in [-0.3, -0.25) is 0 Å². The summed E-state index contributed by atoms with van der Waals surface area (Å²) in [7, 11) is 0. The van der Waals surface area contributed by atoms with Crippen molar-refractivity contribution in [1.29, 1.82) is 0 Å². The lowest BCUT2D eigenvalue weighted by Crippen LogP contribution is -2.07. The molecular weight excluding hydrogens is 140 g/mol. The Labute approximate surface area is 69.2 Å². The first-order chi connectivity index (χ1) is 5.16. The van der Waals surface area contributed by atoms with Crippen molar-refractivity contribution in [3.8, 4) is 0 Å². The summed E-state index contributed by atoms with van der Waals surface area (Å²) in [5.74, 6) is 0. The summed E-state index contributed by atoms with van der Waals surface area (Å²) in [5, 5.41) is 18.2. The fourth-order valence-corrected chi connectivity index (χ4v) is 1.13. The van der Waals surface area contributed by atoms with Crippen LogP contribution in [0.4, 0.5) is 0 Å². The van der Waals surface area contributed by atoms with Gasteiger partial charge in [0.15, 0.2) is 0 Å². The Kier molecular flexibility index (Phi) is 6.57. The first-order valence-corrected chi connectivity index (χ1v) is 4.53. The van der Waals surface area contributed by atoms with Gasteiger partial charge in [0.25, 0.3) is 0 Å². The minimum absolute atomic E-state index is 0.154. The molecule has 68 valence electrons. The Hall–Kier alpha value is -0.0800. The van der Waals surface area contributed by atoms with Crippen LogP contribution in [0, 0.1) is 0 Å². The summed E-state index contributed by atoms with van der Waals surface area (Å²) in [6.45, 7) is 3.85. The van der Waals surface area contributed by atoms with Crippen molar-refractivity contribution in [2.75, 3.05) is 0 Å². The molecule has 2 unspecified atom stereocenters. The second-order valence-corrected chi connectivity index (χ2v) is 3.22.